The predicted octanol–water partition coefficient (Wildman–Crippen LogP) is 4.81. The second-order valence-corrected chi connectivity index (χ2v) is 6.45. The van der Waals surface area contributed by atoms with E-state index in [-0.39, 0.29) is 17.6 Å². The molecule has 0 spiro atoms. The molecule has 0 fully saturated rings. The number of thiophene rings is 1. The lowest BCUT2D eigenvalue weighted by Crippen LogP contribution is -2.11. The van der Waals surface area contributed by atoms with Crippen molar-refractivity contribution in [1.29, 1.82) is 0 Å². The smallest absolute Gasteiger partial charge is 0.291 e. The summed E-state index contributed by atoms with van der Waals surface area (Å²) in [5.74, 6) is -0.425. The zero-order chi connectivity index (χ0) is 17.1. The van der Waals surface area contributed by atoms with Gasteiger partial charge in [-0.2, -0.15) is 0 Å². The Morgan fingerprint density at radius 3 is 2.58 bits per heavy atom. The largest absolute Gasteiger partial charge is 0.459 e. The summed E-state index contributed by atoms with van der Waals surface area (Å²) in [7, 11) is 0. The van der Waals surface area contributed by atoms with Crippen molar-refractivity contribution in [3.63, 3.8) is 0 Å². The first-order chi connectivity index (χ1) is 11.5. The van der Waals surface area contributed by atoms with Crippen LogP contribution in [0, 0.1) is 6.92 Å². The van der Waals surface area contributed by atoms with E-state index < -0.39 is 0 Å². The van der Waals surface area contributed by atoms with Crippen molar-refractivity contribution in [2.45, 2.75) is 6.92 Å². The zero-order valence-corrected chi connectivity index (χ0v) is 14.2. The van der Waals surface area contributed by atoms with E-state index >= 15 is 0 Å². The van der Waals surface area contributed by atoms with Crippen molar-refractivity contribution in [2.24, 2.45) is 0 Å². The molecular formula is C17H13ClN2O3S. The van der Waals surface area contributed by atoms with Crippen molar-refractivity contribution in [3.8, 4) is 0 Å². The topological polar surface area (TPSA) is 71.3 Å². The number of para-hydroxylation sites is 1. The van der Waals surface area contributed by atoms with Crippen LogP contribution in [0.25, 0.3) is 0 Å². The van der Waals surface area contributed by atoms with E-state index in [2.05, 4.69) is 10.6 Å². The highest BCUT2D eigenvalue weighted by molar-refractivity contribution is 7.18. The van der Waals surface area contributed by atoms with Crippen molar-refractivity contribution in [2.75, 3.05) is 10.6 Å². The molecule has 0 saturated heterocycles. The van der Waals surface area contributed by atoms with Crippen molar-refractivity contribution in [1.82, 2.24) is 0 Å². The van der Waals surface area contributed by atoms with E-state index in [9.17, 15) is 9.59 Å². The molecule has 2 N–H and O–H groups in total. The van der Waals surface area contributed by atoms with E-state index in [4.69, 9.17) is 16.0 Å². The molecule has 0 atom stereocenters. The molecule has 7 heteroatoms. The van der Waals surface area contributed by atoms with Crippen LogP contribution in [0.2, 0.25) is 5.02 Å². The van der Waals surface area contributed by atoms with E-state index in [0.29, 0.717) is 20.6 Å². The molecule has 2 amide bonds. The Kier molecular flexibility index (Phi) is 4.69. The number of hydrogen-bond donors (Lipinski definition) is 2. The molecule has 5 nitrogen and oxygen atoms in total. The third-order valence-corrected chi connectivity index (χ3v) is 4.71. The van der Waals surface area contributed by atoms with Crippen LogP contribution in [0.5, 0.6) is 0 Å². The Bertz CT molecular complexity index is 887. The summed E-state index contributed by atoms with van der Waals surface area (Å²) in [4.78, 5) is 24.9. The summed E-state index contributed by atoms with van der Waals surface area (Å²) in [5, 5.41) is 6.52. The van der Waals surface area contributed by atoms with Crippen LogP contribution in [0.15, 0.2) is 53.1 Å². The molecule has 3 aromatic rings. The summed E-state index contributed by atoms with van der Waals surface area (Å²) in [6, 6.07) is 12.0. The lowest BCUT2D eigenvalue weighted by molar-refractivity contribution is 0.0995. The van der Waals surface area contributed by atoms with Crippen LogP contribution in [0.3, 0.4) is 0 Å². The van der Waals surface area contributed by atoms with Gasteiger partial charge in [-0.1, -0.05) is 23.7 Å². The molecule has 2 heterocycles. The molecule has 3 rings (SSSR count). The number of anilines is 2. The van der Waals surface area contributed by atoms with E-state index in [0.717, 1.165) is 5.56 Å². The normalized spacial score (nSPS) is 10.4. The number of carbonyl (C=O) groups is 2. The number of amides is 2. The highest BCUT2D eigenvalue weighted by Crippen LogP contribution is 2.29. The first-order valence-electron chi connectivity index (χ1n) is 7.06. The van der Waals surface area contributed by atoms with Gasteiger partial charge in [0.1, 0.15) is 0 Å². The average Bonchev–Trinajstić information content (AvgIpc) is 3.19. The number of rotatable bonds is 4. The summed E-state index contributed by atoms with van der Waals surface area (Å²) in [6.45, 7) is 1.81. The van der Waals surface area contributed by atoms with Crippen LogP contribution in [0.1, 0.15) is 25.8 Å². The quantitative estimate of drug-likeness (QED) is 0.701. The third kappa shape index (κ3) is 3.50. The fourth-order valence-corrected chi connectivity index (χ4v) is 3.24. The molecule has 122 valence electrons. The van der Waals surface area contributed by atoms with Crippen molar-refractivity contribution in [3.05, 3.63) is 70.0 Å². The average molecular weight is 361 g/mol. The van der Waals surface area contributed by atoms with Crippen molar-refractivity contribution < 1.29 is 14.0 Å². The number of benzene rings is 1. The molecule has 24 heavy (non-hydrogen) atoms. The summed E-state index contributed by atoms with van der Waals surface area (Å²) in [6.07, 6.45) is 1.43. The van der Waals surface area contributed by atoms with Crippen LogP contribution >= 0.6 is 22.9 Å². The van der Waals surface area contributed by atoms with E-state index in [1.165, 1.54) is 17.6 Å². The molecule has 0 saturated carbocycles. The number of nitrogens with one attached hydrogen (secondary N) is 2. The van der Waals surface area contributed by atoms with Crippen LogP contribution in [-0.4, -0.2) is 11.8 Å². The fourth-order valence-electron chi connectivity index (χ4n) is 2.09. The molecule has 0 aliphatic carbocycles. The molecule has 2 aromatic heterocycles. The molecule has 0 aliphatic heterocycles. The zero-order valence-electron chi connectivity index (χ0n) is 12.6. The Hall–Kier alpha value is -2.57. The van der Waals surface area contributed by atoms with Gasteiger partial charge in [0.25, 0.3) is 11.8 Å². The number of furan rings is 1. The second-order valence-electron chi connectivity index (χ2n) is 4.99. The molecular weight excluding hydrogens is 348 g/mol. The highest BCUT2D eigenvalue weighted by atomic mass is 35.5. The Morgan fingerprint density at radius 2 is 1.88 bits per heavy atom. The minimum atomic E-state index is -0.362. The second kappa shape index (κ2) is 6.90. The first-order valence-corrected chi connectivity index (χ1v) is 8.25. The predicted molar refractivity (Wildman–Crippen MR) is 95.1 cm³/mol. The minimum absolute atomic E-state index is 0.211. The van der Waals surface area contributed by atoms with Crippen molar-refractivity contribution >= 4 is 45.4 Å². The van der Waals surface area contributed by atoms with Gasteiger partial charge in [-0.3, -0.25) is 9.59 Å². The Labute approximate surface area is 147 Å². The monoisotopic (exact) mass is 360 g/mol. The van der Waals surface area contributed by atoms with E-state index in [1.807, 2.05) is 0 Å². The summed E-state index contributed by atoms with van der Waals surface area (Å²) >= 11 is 7.24. The molecule has 0 bridgehead atoms. The van der Waals surface area contributed by atoms with E-state index in [1.54, 1.807) is 49.4 Å². The number of aryl methyl sites for hydroxylation is 1. The van der Waals surface area contributed by atoms with Gasteiger partial charge >= 0.3 is 0 Å². The molecule has 1 aromatic carbocycles. The molecule has 0 aliphatic rings. The Balaban J connectivity index is 1.75. The van der Waals surface area contributed by atoms with Crippen LogP contribution in [-0.2, 0) is 0 Å². The maximum Gasteiger partial charge on any atom is 0.291 e. The minimum Gasteiger partial charge on any atom is -0.459 e. The fraction of sp³-hybridized carbons (Fsp3) is 0.0588. The summed E-state index contributed by atoms with van der Waals surface area (Å²) < 4.78 is 5.04. The molecule has 0 radical (unpaired) electrons. The highest BCUT2D eigenvalue weighted by Gasteiger charge is 2.17. The maximum absolute atomic E-state index is 12.4. The SMILES string of the molecule is Cc1cc(NC(=O)c2ccco2)sc1C(=O)Nc1ccccc1Cl. The molecule has 0 unspecified atom stereocenters. The van der Waals surface area contributed by atoms with Gasteiger partial charge in [-0.15, -0.1) is 11.3 Å². The maximum atomic E-state index is 12.4. The number of hydrogen-bond acceptors (Lipinski definition) is 4. The lowest BCUT2D eigenvalue weighted by Gasteiger charge is -2.06. The van der Waals surface area contributed by atoms with Crippen LogP contribution < -0.4 is 10.6 Å². The first kappa shape index (κ1) is 16.3. The van der Waals surface area contributed by atoms with Gasteiger partial charge in [0.05, 0.1) is 26.9 Å². The third-order valence-electron chi connectivity index (χ3n) is 3.23. The Morgan fingerprint density at radius 1 is 1.08 bits per heavy atom. The van der Waals surface area contributed by atoms with Gasteiger partial charge in [0, 0.05) is 0 Å². The van der Waals surface area contributed by atoms with Crippen LogP contribution in [0.4, 0.5) is 10.7 Å². The standard InChI is InChI=1S/C17H13ClN2O3S/c1-10-9-14(20-16(21)13-7-4-8-23-13)24-15(10)17(22)19-12-6-3-2-5-11(12)18/h2-9H,1H3,(H,19,22)(H,20,21). The van der Waals surface area contributed by atoms with Gasteiger partial charge in [-0.25, -0.2) is 0 Å². The summed E-state index contributed by atoms with van der Waals surface area (Å²) in [5.41, 5.74) is 1.30. The lowest BCUT2D eigenvalue weighted by atomic mass is 10.2. The van der Waals surface area contributed by atoms with Gasteiger partial charge in [-0.05, 0) is 42.8 Å². The van der Waals surface area contributed by atoms with Gasteiger partial charge < -0.3 is 15.1 Å². The number of carbonyl (C=O) groups excluding carboxylic acids is 2. The van der Waals surface area contributed by atoms with Gasteiger partial charge in [0.15, 0.2) is 5.76 Å². The van der Waals surface area contributed by atoms with Gasteiger partial charge in [0.2, 0.25) is 0 Å². The number of halogens is 1.